The predicted octanol–water partition coefficient (Wildman–Crippen LogP) is 0.547. The molecule has 3 nitrogen and oxygen atoms in total. The summed E-state index contributed by atoms with van der Waals surface area (Å²) in [5.41, 5.74) is 0. The summed E-state index contributed by atoms with van der Waals surface area (Å²) in [7, 11) is 1.44. The molecule has 0 aromatic rings. The van der Waals surface area contributed by atoms with Gasteiger partial charge in [-0.3, -0.25) is 4.79 Å². The number of rotatable bonds is 2. The highest BCUT2D eigenvalue weighted by Gasteiger charge is 2.26. The van der Waals surface area contributed by atoms with Gasteiger partial charge < -0.3 is 10.1 Å². The van der Waals surface area contributed by atoms with Crippen LogP contribution >= 0.6 is 0 Å². The lowest BCUT2D eigenvalue weighted by Gasteiger charge is -2.16. The lowest BCUT2D eigenvalue weighted by atomic mass is 10.0. The van der Waals surface area contributed by atoms with Crippen LogP contribution in [0.25, 0.3) is 0 Å². The number of carbonyl (C=O) groups excluding carboxylic acids is 1. The second-order valence-electron chi connectivity index (χ2n) is 3.01. The standard InChI is InChI=1S/C8H15NO2/c1-6(8(10)11-2)7-4-3-5-9-7/h6-7,9H,3-5H2,1-2H3/t6-,7-/m0/s1. The fraction of sp³-hybridized carbons (Fsp3) is 0.875. The van der Waals surface area contributed by atoms with Crippen molar-refractivity contribution >= 4 is 5.97 Å². The Morgan fingerprint density at radius 1 is 1.73 bits per heavy atom. The van der Waals surface area contributed by atoms with Gasteiger partial charge in [-0.05, 0) is 19.4 Å². The van der Waals surface area contributed by atoms with Gasteiger partial charge in [-0.2, -0.15) is 0 Å². The molecule has 0 aromatic carbocycles. The summed E-state index contributed by atoms with van der Waals surface area (Å²) in [6.45, 7) is 2.95. The first-order valence-electron chi connectivity index (χ1n) is 4.07. The van der Waals surface area contributed by atoms with Crippen LogP contribution in [0, 0.1) is 5.92 Å². The molecular formula is C8H15NO2. The SMILES string of the molecule is COC(=O)[C@@H](C)[C@@H]1CCCN1. The lowest BCUT2D eigenvalue weighted by Crippen LogP contribution is -2.34. The first kappa shape index (κ1) is 8.53. The van der Waals surface area contributed by atoms with E-state index in [1.807, 2.05) is 6.92 Å². The van der Waals surface area contributed by atoms with Crippen molar-refractivity contribution < 1.29 is 9.53 Å². The van der Waals surface area contributed by atoms with Crippen LogP contribution in [0.2, 0.25) is 0 Å². The van der Waals surface area contributed by atoms with Crippen molar-refractivity contribution in [2.24, 2.45) is 5.92 Å². The third-order valence-electron chi connectivity index (χ3n) is 2.27. The molecule has 1 saturated heterocycles. The molecule has 2 atom stereocenters. The van der Waals surface area contributed by atoms with Crippen molar-refractivity contribution in [2.75, 3.05) is 13.7 Å². The molecule has 1 N–H and O–H groups in total. The summed E-state index contributed by atoms with van der Waals surface area (Å²) < 4.78 is 4.65. The van der Waals surface area contributed by atoms with Crippen LogP contribution < -0.4 is 5.32 Å². The molecule has 1 aliphatic rings. The minimum absolute atomic E-state index is 0.00231. The predicted molar refractivity (Wildman–Crippen MR) is 42.2 cm³/mol. The molecule has 3 heteroatoms. The molecule has 1 aliphatic heterocycles. The Kier molecular flexibility index (Phi) is 2.88. The number of esters is 1. The van der Waals surface area contributed by atoms with Crippen LogP contribution in [0.1, 0.15) is 19.8 Å². The van der Waals surface area contributed by atoms with Crippen LogP contribution in [0.15, 0.2) is 0 Å². The van der Waals surface area contributed by atoms with Gasteiger partial charge in [-0.1, -0.05) is 6.92 Å². The second kappa shape index (κ2) is 3.72. The van der Waals surface area contributed by atoms with Crippen molar-refractivity contribution in [3.05, 3.63) is 0 Å². The van der Waals surface area contributed by atoms with Crippen molar-refractivity contribution in [3.8, 4) is 0 Å². The zero-order valence-electron chi connectivity index (χ0n) is 7.09. The second-order valence-corrected chi connectivity index (χ2v) is 3.01. The summed E-state index contributed by atoms with van der Waals surface area (Å²) in [5, 5.41) is 3.27. The van der Waals surface area contributed by atoms with Gasteiger partial charge in [0.25, 0.3) is 0 Å². The highest BCUT2D eigenvalue weighted by Crippen LogP contribution is 2.15. The molecule has 64 valence electrons. The minimum Gasteiger partial charge on any atom is -0.469 e. The van der Waals surface area contributed by atoms with Gasteiger partial charge in [0.2, 0.25) is 0 Å². The maximum atomic E-state index is 11.0. The third-order valence-corrected chi connectivity index (χ3v) is 2.27. The van der Waals surface area contributed by atoms with E-state index in [-0.39, 0.29) is 11.9 Å². The monoisotopic (exact) mass is 157 g/mol. The number of carbonyl (C=O) groups is 1. The average molecular weight is 157 g/mol. The van der Waals surface area contributed by atoms with Gasteiger partial charge in [-0.25, -0.2) is 0 Å². The molecule has 0 aromatic heterocycles. The Balaban J connectivity index is 2.39. The Morgan fingerprint density at radius 2 is 2.45 bits per heavy atom. The molecule has 0 spiro atoms. The number of ether oxygens (including phenoxy) is 1. The molecule has 1 heterocycles. The number of methoxy groups -OCH3 is 1. The van der Waals surface area contributed by atoms with E-state index in [0.29, 0.717) is 6.04 Å². The van der Waals surface area contributed by atoms with Gasteiger partial charge in [-0.15, -0.1) is 0 Å². The Labute approximate surface area is 67.1 Å². The summed E-state index contributed by atoms with van der Waals surface area (Å²) in [4.78, 5) is 11.0. The highest BCUT2D eigenvalue weighted by molar-refractivity contribution is 5.72. The maximum absolute atomic E-state index is 11.0. The summed E-state index contributed by atoms with van der Waals surface area (Å²) in [6, 6.07) is 0.336. The molecule has 0 radical (unpaired) electrons. The van der Waals surface area contributed by atoms with E-state index >= 15 is 0 Å². The van der Waals surface area contributed by atoms with E-state index in [9.17, 15) is 4.79 Å². The fourth-order valence-corrected chi connectivity index (χ4v) is 1.49. The Hall–Kier alpha value is -0.570. The average Bonchev–Trinajstić information content (AvgIpc) is 2.53. The molecule has 1 rings (SSSR count). The third kappa shape index (κ3) is 1.93. The Bertz CT molecular complexity index is 141. The summed E-state index contributed by atoms with van der Waals surface area (Å²) >= 11 is 0. The van der Waals surface area contributed by atoms with E-state index in [4.69, 9.17) is 0 Å². The van der Waals surface area contributed by atoms with Crippen LogP contribution in [-0.4, -0.2) is 25.7 Å². The summed E-state index contributed by atoms with van der Waals surface area (Å²) in [5.74, 6) is -0.105. The zero-order chi connectivity index (χ0) is 8.27. The van der Waals surface area contributed by atoms with E-state index in [1.165, 1.54) is 13.5 Å². The smallest absolute Gasteiger partial charge is 0.309 e. The van der Waals surface area contributed by atoms with Gasteiger partial charge in [0.1, 0.15) is 0 Å². The number of hydrogen-bond donors (Lipinski definition) is 1. The molecule has 0 bridgehead atoms. The number of nitrogens with one attached hydrogen (secondary N) is 1. The quantitative estimate of drug-likeness (QED) is 0.595. The maximum Gasteiger partial charge on any atom is 0.309 e. The largest absolute Gasteiger partial charge is 0.469 e. The first-order chi connectivity index (χ1) is 5.25. The van der Waals surface area contributed by atoms with E-state index in [1.54, 1.807) is 0 Å². The van der Waals surface area contributed by atoms with E-state index < -0.39 is 0 Å². The minimum atomic E-state index is -0.107. The number of hydrogen-bond acceptors (Lipinski definition) is 3. The normalized spacial score (nSPS) is 26.5. The molecule has 11 heavy (non-hydrogen) atoms. The van der Waals surface area contributed by atoms with Crippen molar-refractivity contribution in [2.45, 2.75) is 25.8 Å². The van der Waals surface area contributed by atoms with Crippen LogP contribution in [0.3, 0.4) is 0 Å². The van der Waals surface area contributed by atoms with Crippen molar-refractivity contribution in [1.29, 1.82) is 0 Å². The van der Waals surface area contributed by atoms with Gasteiger partial charge in [0.05, 0.1) is 13.0 Å². The highest BCUT2D eigenvalue weighted by atomic mass is 16.5. The van der Waals surface area contributed by atoms with Crippen LogP contribution in [0.4, 0.5) is 0 Å². The molecule has 0 amide bonds. The molecule has 0 aliphatic carbocycles. The van der Waals surface area contributed by atoms with Crippen LogP contribution in [-0.2, 0) is 9.53 Å². The molecular weight excluding hydrogens is 142 g/mol. The summed E-state index contributed by atoms with van der Waals surface area (Å²) in [6.07, 6.45) is 2.27. The molecule has 1 fully saturated rings. The topological polar surface area (TPSA) is 38.3 Å². The van der Waals surface area contributed by atoms with E-state index in [2.05, 4.69) is 10.1 Å². The fourth-order valence-electron chi connectivity index (χ4n) is 1.49. The van der Waals surface area contributed by atoms with Crippen molar-refractivity contribution in [1.82, 2.24) is 5.32 Å². The molecule has 0 saturated carbocycles. The Morgan fingerprint density at radius 3 is 2.91 bits per heavy atom. The van der Waals surface area contributed by atoms with E-state index in [0.717, 1.165) is 13.0 Å². The van der Waals surface area contributed by atoms with Crippen molar-refractivity contribution in [3.63, 3.8) is 0 Å². The molecule has 0 unspecified atom stereocenters. The van der Waals surface area contributed by atoms with Gasteiger partial charge in [0.15, 0.2) is 0 Å². The van der Waals surface area contributed by atoms with Gasteiger partial charge >= 0.3 is 5.97 Å². The first-order valence-corrected chi connectivity index (χ1v) is 4.07. The van der Waals surface area contributed by atoms with Gasteiger partial charge in [0, 0.05) is 6.04 Å². The lowest BCUT2D eigenvalue weighted by molar-refractivity contribution is -0.145. The van der Waals surface area contributed by atoms with Crippen LogP contribution in [0.5, 0.6) is 0 Å². The zero-order valence-corrected chi connectivity index (χ0v) is 7.09.